The average Bonchev–Trinajstić information content (AvgIpc) is 2.13. The Bertz CT molecular complexity index is 590. The Morgan fingerprint density at radius 3 is 2.35 bits per heavy atom. The van der Waals surface area contributed by atoms with Crippen LogP contribution in [-0.4, -0.2) is 4.98 Å². The number of benzene rings is 1. The molecule has 0 N–H and O–H groups in total. The summed E-state index contributed by atoms with van der Waals surface area (Å²) in [5.41, 5.74) is 1.01. The maximum absolute atomic E-state index is 12.6. The van der Waals surface area contributed by atoms with Crippen LogP contribution in [0.1, 0.15) is 16.8 Å². The van der Waals surface area contributed by atoms with Crippen molar-refractivity contribution < 1.29 is 13.2 Å². The van der Waals surface area contributed by atoms with Gasteiger partial charge in [-0.25, -0.2) is 4.98 Å². The lowest BCUT2D eigenvalue weighted by molar-refractivity contribution is -0.140. The smallest absolute Gasteiger partial charge is 0.243 e. The van der Waals surface area contributed by atoms with Gasteiger partial charge in [0, 0.05) is 5.39 Å². The molecule has 1 aromatic heterocycles. The molecule has 2 rings (SSSR count). The van der Waals surface area contributed by atoms with Crippen LogP contribution in [0.25, 0.3) is 10.9 Å². The highest BCUT2D eigenvalue weighted by Gasteiger charge is 2.33. The number of aryl methyl sites for hydroxylation is 2. The maximum Gasteiger partial charge on any atom is 0.433 e. The minimum absolute atomic E-state index is 0.0832. The second-order valence-electron chi connectivity index (χ2n) is 3.96. The summed E-state index contributed by atoms with van der Waals surface area (Å²) in [6.07, 6.45) is -4.48. The summed E-state index contributed by atoms with van der Waals surface area (Å²) >= 11 is 5.89. The Morgan fingerprint density at radius 2 is 1.76 bits per heavy atom. The highest BCUT2D eigenvalue weighted by atomic mass is 35.5. The Labute approximate surface area is 101 Å². The van der Waals surface area contributed by atoms with Crippen molar-refractivity contribution in [3.63, 3.8) is 0 Å². The molecule has 0 amide bonds. The van der Waals surface area contributed by atoms with Crippen molar-refractivity contribution in [3.8, 4) is 0 Å². The van der Waals surface area contributed by atoms with Gasteiger partial charge in [0.05, 0.1) is 10.5 Å². The topological polar surface area (TPSA) is 12.9 Å². The van der Waals surface area contributed by atoms with Crippen LogP contribution >= 0.6 is 11.6 Å². The summed E-state index contributed by atoms with van der Waals surface area (Å²) in [7, 11) is 0. The van der Waals surface area contributed by atoms with Crippen LogP contribution in [0.5, 0.6) is 0 Å². The molecule has 0 unspecified atom stereocenters. The van der Waals surface area contributed by atoms with Gasteiger partial charge < -0.3 is 0 Å². The monoisotopic (exact) mass is 259 g/mol. The van der Waals surface area contributed by atoms with E-state index < -0.39 is 11.9 Å². The summed E-state index contributed by atoms with van der Waals surface area (Å²) in [6.45, 7) is 3.61. The Balaban J connectivity index is 2.82. The van der Waals surface area contributed by atoms with E-state index in [-0.39, 0.29) is 10.5 Å². The summed E-state index contributed by atoms with van der Waals surface area (Å²) < 4.78 is 37.7. The van der Waals surface area contributed by atoms with Gasteiger partial charge in [0.2, 0.25) is 0 Å². The van der Waals surface area contributed by atoms with Crippen LogP contribution in [0.3, 0.4) is 0 Å². The SMILES string of the molecule is Cc1cc(C)c2c(Cl)cc(C(F)(F)F)nc2c1. The van der Waals surface area contributed by atoms with Gasteiger partial charge >= 0.3 is 6.18 Å². The van der Waals surface area contributed by atoms with Crippen LogP contribution in [0.15, 0.2) is 18.2 Å². The molecule has 2 aromatic rings. The van der Waals surface area contributed by atoms with Crippen molar-refractivity contribution in [3.05, 3.63) is 40.0 Å². The Kier molecular flexibility index (Phi) is 2.78. The molecule has 1 aromatic carbocycles. The van der Waals surface area contributed by atoms with Crippen molar-refractivity contribution in [1.82, 2.24) is 4.98 Å². The van der Waals surface area contributed by atoms with Crippen molar-refractivity contribution in [2.75, 3.05) is 0 Å². The zero-order valence-electron chi connectivity index (χ0n) is 9.19. The minimum Gasteiger partial charge on any atom is -0.243 e. The van der Waals surface area contributed by atoms with Gasteiger partial charge in [-0.2, -0.15) is 13.2 Å². The third-order valence-electron chi connectivity index (χ3n) is 2.49. The molecule has 0 bridgehead atoms. The highest BCUT2D eigenvalue weighted by molar-refractivity contribution is 6.35. The van der Waals surface area contributed by atoms with Crippen LogP contribution in [-0.2, 0) is 6.18 Å². The van der Waals surface area contributed by atoms with E-state index in [0.29, 0.717) is 5.39 Å². The lowest BCUT2D eigenvalue weighted by Crippen LogP contribution is -2.08. The summed E-state index contributed by atoms with van der Waals surface area (Å²) in [5, 5.41) is 0.657. The normalized spacial score (nSPS) is 12.1. The predicted molar refractivity (Wildman–Crippen MR) is 61.2 cm³/mol. The van der Waals surface area contributed by atoms with Gasteiger partial charge in [0.15, 0.2) is 0 Å². The zero-order valence-corrected chi connectivity index (χ0v) is 9.95. The molecule has 0 saturated carbocycles. The molecule has 17 heavy (non-hydrogen) atoms. The molecule has 1 nitrogen and oxygen atoms in total. The third kappa shape index (κ3) is 2.22. The van der Waals surface area contributed by atoms with Gasteiger partial charge in [-0.3, -0.25) is 0 Å². The molecule has 0 aliphatic heterocycles. The number of rotatable bonds is 0. The van der Waals surface area contributed by atoms with E-state index in [4.69, 9.17) is 11.6 Å². The number of hydrogen-bond acceptors (Lipinski definition) is 1. The predicted octanol–water partition coefficient (Wildman–Crippen LogP) is 4.52. The molecule has 0 radical (unpaired) electrons. The van der Waals surface area contributed by atoms with Crippen LogP contribution < -0.4 is 0 Å². The second-order valence-corrected chi connectivity index (χ2v) is 4.37. The van der Waals surface area contributed by atoms with Crippen LogP contribution in [0, 0.1) is 13.8 Å². The molecule has 0 aliphatic rings. The first-order chi connectivity index (χ1) is 7.79. The molecule has 0 fully saturated rings. The van der Waals surface area contributed by atoms with E-state index in [9.17, 15) is 13.2 Å². The number of alkyl halides is 3. The molecule has 5 heteroatoms. The highest BCUT2D eigenvalue weighted by Crippen LogP contribution is 2.34. The fourth-order valence-electron chi connectivity index (χ4n) is 1.84. The van der Waals surface area contributed by atoms with E-state index in [1.165, 1.54) is 0 Å². The minimum atomic E-state index is -4.48. The quantitative estimate of drug-likeness (QED) is 0.678. The molecule has 90 valence electrons. The summed E-state index contributed by atoms with van der Waals surface area (Å²) in [5.74, 6) is 0. The first-order valence-corrected chi connectivity index (χ1v) is 5.31. The van der Waals surface area contributed by atoms with Crippen LogP contribution in [0.4, 0.5) is 13.2 Å². The first kappa shape index (κ1) is 12.2. The van der Waals surface area contributed by atoms with Gasteiger partial charge in [-0.1, -0.05) is 17.7 Å². The fraction of sp³-hybridized carbons (Fsp3) is 0.250. The first-order valence-electron chi connectivity index (χ1n) is 4.94. The zero-order chi connectivity index (χ0) is 12.8. The lowest BCUT2D eigenvalue weighted by Gasteiger charge is -2.10. The molecule has 0 atom stereocenters. The van der Waals surface area contributed by atoms with Crippen LogP contribution in [0.2, 0.25) is 5.02 Å². The van der Waals surface area contributed by atoms with E-state index >= 15 is 0 Å². The van der Waals surface area contributed by atoms with Gasteiger partial charge in [-0.05, 0) is 37.1 Å². The van der Waals surface area contributed by atoms with Crippen molar-refractivity contribution in [2.45, 2.75) is 20.0 Å². The van der Waals surface area contributed by atoms with Crippen molar-refractivity contribution in [2.24, 2.45) is 0 Å². The molecule has 1 heterocycles. The molecule has 0 spiro atoms. The number of halogens is 4. The number of aromatic nitrogens is 1. The van der Waals surface area contributed by atoms with E-state index in [1.807, 2.05) is 13.0 Å². The average molecular weight is 260 g/mol. The lowest BCUT2D eigenvalue weighted by atomic mass is 10.1. The number of pyridine rings is 1. The summed E-state index contributed by atoms with van der Waals surface area (Å²) in [4.78, 5) is 3.62. The van der Waals surface area contributed by atoms with Gasteiger partial charge in [0.25, 0.3) is 0 Å². The maximum atomic E-state index is 12.6. The number of nitrogens with zero attached hydrogens (tertiary/aromatic N) is 1. The standard InChI is InChI=1S/C12H9ClF3N/c1-6-3-7(2)11-8(13)5-10(12(14,15)16)17-9(11)4-6/h3-5H,1-2H3. The second kappa shape index (κ2) is 3.88. The Hall–Kier alpha value is -1.29. The number of fused-ring (bicyclic) bond motifs is 1. The molecular formula is C12H9ClF3N. The molecule has 0 aliphatic carbocycles. The Morgan fingerprint density at radius 1 is 1.12 bits per heavy atom. The van der Waals surface area contributed by atoms with E-state index in [0.717, 1.165) is 17.2 Å². The van der Waals surface area contributed by atoms with E-state index in [1.54, 1.807) is 13.0 Å². The largest absolute Gasteiger partial charge is 0.433 e. The van der Waals surface area contributed by atoms with Gasteiger partial charge in [-0.15, -0.1) is 0 Å². The number of hydrogen-bond donors (Lipinski definition) is 0. The molecular weight excluding hydrogens is 251 g/mol. The molecule has 0 saturated heterocycles. The summed E-state index contributed by atoms with van der Waals surface area (Å²) in [6, 6.07) is 4.33. The third-order valence-corrected chi connectivity index (χ3v) is 2.79. The van der Waals surface area contributed by atoms with E-state index in [2.05, 4.69) is 4.98 Å². The van der Waals surface area contributed by atoms with Crippen molar-refractivity contribution >= 4 is 22.5 Å². The van der Waals surface area contributed by atoms with Gasteiger partial charge in [0.1, 0.15) is 5.69 Å². The fourth-order valence-corrected chi connectivity index (χ4v) is 2.19. The van der Waals surface area contributed by atoms with Crippen molar-refractivity contribution in [1.29, 1.82) is 0 Å².